The lowest BCUT2D eigenvalue weighted by Crippen LogP contribution is -2.50. The number of esters is 1. The first-order valence-electron chi connectivity index (χ1n) is 9.25. The van der Waals surface area contributed by atoms with Crippen molar-refractivity contribution >= 4 is 5.97 Å². The standard InChI is InChI=1S/C20H22N2O3/c23-19(20-9-13-6-14(10-20)8-15(7-13)11-20)24-12-17-21-22-18(25-17)16-4-2-1-3-5-16/h1-5,13-15H,6-12H2. The van der Waals surface area contributed by atoms with Gasteiger partial charge in [-0.05, 0) is 68.4 Å². The summed E-state index contributed by atoms with van der Waals surface area (Å²) in [4.78, 5) is 12.8. The molecule has 4 aliphatic carbocycles. The molecule has 0 atom stereocenters. The van der Waals surface area contributed by atoms with Crippen molar-refractivity contribution in [2.45, 2.75) is 45.1 Å². The summed E-state index contributed by atoms with van der Waals surface area (Å²) in [5.74, 6) is 2.95. The summed E-state index contributed by atoms with van der Waals surface area (Å²) in [6.45, 7) is 0.0699. The molecule has 1 heterocycles. The van der Waals surface area contributed by atoms with E-state index in [0.717, 1.165) is 42.6 Å². The molecule has 1 aromatic carbocycles. The van der Waals surface area contributed by atoms with Crippen molar-refractivity contribution in [1.82, 2.24) is 10.2 Å². The van der Waals surface area contributed by atoms with Crippen LogP contribution in [-0.4, -0.2) is 16.2 Å². The minimum Gasteiger partial charge on any atom is -0.455 e. The van der Waals surface area contributed by atoms with E-state index in [-0.39, 0.29) is 18.0 Å². The number of hydrogen-bond acceptors (Lipinski definition) is 5. The van der Waals surface area contributed by atoms with E-state index in [1.165, 1.54) is 19.3 Å². The van der Waals surface area contributed by atoms with Crippen molar-refractivity contribution in [3.63, 3.8) is 0 Å². The van der Waals surface area contributed by atoms with Gasteiger partial charge in [-0.25, -0.2) is 0 Å². The smallest absolute Gasteiger partial charge is 0.312 e. The molecule has 0 radical (unpaired) electrons. The van der Waals surface area contributed by atoms with Crippen molar-refractivity contribution in [2.75, 3.05) is 0 Å². The summed E-state index contributed by atoms with van der Waals surface area (Å²) in [6, 6.07) is 9.62. The van der Waals surface area contributed by atoms with Gasteiger partial charge in [0, 0.05) is 5.56 Å². The Morgan fingerprint density at radius 1 is 1.04 bits per heavy atom. The highest BCUT2D eigenvalue weighted by Gasteiger charge is 2.55. The number of carbonyl (C=O) groups excluding carboxylic acids is 1. The highest BCUT2D eigenvalue weighted by molar-refractivity contribution is 5.77. The number of ether oxygens (including phenoxy) is 1. The summed E-state index contributed by atoms with van der Waals surface area (Å²) in [7, 11) is 0. The molecule has 0 N–H and O–H groups in total. The quantitative estimate of drug-likeness (QED) is 0.789. The van der Waals surface area contributed by atoms with Crippen molar-refractivity contribution < 1.29 is 13.9 Å². The molecule has 1 aromatic heterocycles. The normalized spacial score (nSPS) is 32.7. The van der Waals surface area contributed by atoms with E-state index in [2.05, 4.69) is 10.2 Å². The second-order valence-corrected chi connectivity index (χ2v) is 8.14. The highest BCUT2D eigenvalue weighted by atomic mass is 16.5. The maximum Gasteiger partial charge on any atom is 0.312 e. The van der Waals surface area contributed by atoms with E-state index in [4.69, 9.17) is 9.15 Å². The van der Waals surface area contributed by atoms with Gasteiger partial charge in [0.1, 0.15) is 0 Å². The Kier molecular flexibility index (Phi) is 3.43. The molecule has 4 saturated carbocycles. The third-order valence-corrected chi connectivity index (χ3v) is 6.29. The lowest BCUT2D eigenvalue weighted by atomic mass is 9.49. The average molecular weight is 338 g/mol. The molecule has 0 aliphatic heterocycles. The molecule has 4 aliphatic rings. The lowest BCUT2D eigenvalue weighted by molar-refractivity contribution is -0.173. The first-order valence-corrected chi connectivity index (χ1v) is 9.25. The Hall–Kier alpha value is -2.17. The predicted molar refractivity (Wildman–Crippen MR) is 90.1 cm³/mol. The third kappa shape index (κ3) is 2.66. The number of benzene rings is 1. The van der Waals surface area contributed by atoms with Gasteiger partial charge in [-0.2, -0.15) is 0 Å². The summed E-state index contributed by atoms with van der Waals surface area (Å²) in [5.41, 5.74) is 0.630. The van der Waals surface area contributed by atoms with Crippen LogP contribution < -0.4 is 0 Å². The van der Waals surface area contributed by atoms with Crippen LogP contribution in [0.1, 0.15) is 44.4 Å². The summed E-state index contributed by atoms with van der Waals surface area (Å²) in [6.07, 6.45) is 6.98. The van der Waals surface area contributed by atoms with Crippen LogP contribution in [-0.2, 0) is 16.1 Å². The van der Waals surface area contributed by atoms with Gasteiger partial charge >= 0.3 is 5.97 Å². The molecule has 2 aromatic rings. The van der Waals surface area contributed by atoms with Crippen LogP contribution in [0.5, 0.6) is 0 Å². The van der Waals surface area contributed by atoms with Gasteiger partial charge in [0.05, 0.1) is 5.41 Å². The maximum atomic E-state index is 12.8. The van der Waals surface area contributed by atoms with E-state index in [1.54, 1.807) is 0 Å². The zero-order chi connectivity index (χ0) is 16.9. The van der Waals surface area contributed by atoms with Crippen LogP contribution in [0.2, 0.25) is 0 Å². The third-order valence-electron chi connectivity index (χ3n) is 6.29. The van der Waals surface area contributed by atoms with Gasteiger partial charge in [-0.1, -0.05) is 18.2 Å². The first-order chi connectivity index (χ1) is 12.2. The molecule has 0 amide bonds. The fraction of sp³-hybridized carbons (Fsp3) is 0.550. The van der Waals surface area contributed by atoms with Crippen molar-refractivity contribution in [2.24, 2.45) is 23.2 Å². The molecule has 4 fully saturated rings. The molecule has 5 nitrogen and oxygen atoms in total. The number of carbonyl (C=O) groups is 1. The number of hydrogen-bond donors (Lipinski definition) is 0. The van der Waals surface area contributed by atoms with E-state index < -0.39 is 0 Å². The molecule has 5 heteroatoms. The van der Waals surface area contributed by atoms with Crippen LogP contribution in [0.25, 0.3) is 11.5 Å². The molecule has 25 heavy (non-hydrogen) atoms. The van der Waals surface area contributed by atoms with Crippen LogP contribution >= 0.6 is 0 Å². The molecule has 0 unspecified atom stereocenters. The summed E-state index contributed by atoms with van der Waals surface area (Å²) >= 11 is 0. The van der Waals surface area contributed by atoms with Gasteiger partial charge in [0.15, 0.2) is 6.61 Å². The molecule has 0 saturated heterocycles. The zero-order valence-electron chi connectivity index (χ0n) is 14.2. The Labute approximate surface area is 146 Å². The van der Waals surface area contributed by atoms with E-state index in [9.17, 15) is 4.79 Å². The van der Waals surface area contributed by atoms with E-state index in [1.807, 2.05) is 30.3 Å². The van der Waals surface area contributed by atoms with E-state index in [0.29, 0.717) is 11.8 Å². The second-order valence-electron chi connectivity index (χ2n) is 8.14. The molecule has 0 spiro atoms. The summed E-state index contributed by atoms with van der Waals surface area (Å²) < 4.78 is 11.3. The van der Waals surface area contributed by atoms with Crippen molar-refractivity contribution in [1.29, 1.82) is 0 Å². The SMILES string of the molecule is O=C(OCc1nnc(-c2ccccc2)o1)C12CC3CC(CC(C3)C1)C2. The Balaban J connectivity index is 1.26. The molecule has 6 rings (SSSR count). The summed E-state index contributed by atoms with van der Waals surface area (Å²) in [5, 5.41) is 8.07. The fourth-order valence-corrected chi connectivity index (χ4v) is 5.65. The molecular formula is C20H22N2O3. The minimum absolute atomic E-state index is 0.0499. The van der Waals surface area contributed by atoms with Crippen molar-refractivity contribution in [3.05, 3.63) is 36.2 Å². The molecular weight excluding hydrogens is 316 g/mol. The highest BCUT2D eigenvalue weighted by Crippen LogP contribution is 2.60. The maximum absolute atomic E-state index is 12.8. The van der Waals surface area contributed by atoms with Gasteiger partial charge in [0.25, 0.3) is 5.89 Å². The first kappa shape index (κ1) is 15.1. The minimum atomic E-state index is -0.239. The predicted octanol–water partition coefficient (Wildman–Crippen LogP) is 4.00. The number of aromatic nitrogens is 2. The largest absolute Gasteiger partial charge is 0.455 e. The Morgan fingerprint density at radius 3 is 2.32 bits per heavy atom. The van der Waals surface area contributed by atoms with Crippen LogP contribution in [0.15, 0.2) is 34.7 Å². The average Bonchev–Trinajstić information content (AvgIpc) is 3.08. The molecule has 4 bridgehead atoms. The van der Waals surface area contributed by atoms with Gasteiger partial charge < -0.3 is 9.15 Å². The lowest BCUT2D eigenvalue weighted by Gasteiger charge is -2.55. The van der Waals surface area contributed by atoms with Crippen LogP contribution in [0.3, 0.4) is 0 Å². The monoisotopic (exact) mass is 338 g/mol. The van der Waals surface area contributed by atoms with E-state index >= 15 is 0 Å². The Bertz CT molecular complexity index is 748. The second kappa shape index (κ2) is 5.68. The van der Waals surface area contributed by atoms with Crippen LogP contribution in [0.4, 0.5) is 0 Å². The fourth-order valence-electron chi connectivity index (χ4n) is 5.65. The number of rotatable bonds is 4. The number of nitrogens with zero attached hydrogens (tertiary/aromatic N) is 2. The van der Waals surface area contributed by atoms with Gasteiger partial charge in [0.2, 0.25) is 5.89 Å². The van der Waals surface area contributed by atoms with Crippen molar-refractivity contribution in [3.8, 4) is 11.5 Å². The topological polar surface area (TPSA) is 65.2 Å². The Morgan fingerprint density at radius 2 is 1.68 bits per heavy atom. The zero-order valence-corrected chi connectivity index (χ0v) is 14.2. The van der Waals surface area contributed by atoms with Gasteiger partial charge in [-0.15, -0.1) is 10.2 Å². The van der Waals surface area contributed by atoms with Crippen LogP contribution in [0, 0.1) is 23.2 Å². The molecule has 130 valence electrons. The van der Waals surface area contributed by atoms with Gasteiger partial charge in [-0.3, -0.25) is 4.79 Å².